The number of unbranched alkanes of at least 4 members (excludes halogenated alkanes) is 3. The van der Waals surface area contributed by atoms with Crippen molar-refractivity contribution in [3.63, 3.8) is 0 Å². The number of ether oxygens (including phenoxy) is 1. The lowest BCUT2D eigenvalue weighted by Crippen LogP contribution is -2.62. The van der Waals surface area contributed by atoms with Gasteiger partial charge in [-0.25, -0.2) is 4.79 Å². The van der Waals surface area contributed by atoms with Gasteiger partial charge in [0.2, 0.25) is 0 Å². The quantitative estimate of drug-likeness (QED) is 0.281. The third-order valence-electron chi connectivity index (χ3n) is 11.7. The summed E-state index contributed by atoms with van der Waals surface area (Å²) in [6, 6.07) is 3.39. The van der Waals surface area contributed by atoms with Crippen LogP contribution in [-0.4, -0.2) is 33.9 Å². The van der Waals surface area contributed by atoms with E-state index in [0.29, 0.717) is 24.7 Å². The Morgan fingerprint density at radius 3 is 2.44 bits per heavy atom. The highest BCUT2D eigenvalue weighted by Gasteiger charge is 2.67. The van der Waals surface area contributed by atoms with E-state index >= 15 is 0 Å². The summed E-state index contributed by atoms with van der Waals surface area (Å²) in [7, 11) is 0. The molecule has 1 aromatic heterocycles. The highest BCUT2D eigenvalue weighted by molar-refractivity contribution is 5.69. The molecule has 4 aliphatic rings. The third-order valence-corrected chi connectivity index (χ3v) is 11.7. The molecule has 39 heavy (non-hydrogen) atoms. The molecule has 7 heteroatoms. The van der Waals surface area contributed by atoms with Crippen molar-refractivity contribution in [3.05, 3.63) is 34.4 Å². The number of aliphatic hydroxyl groups is 1. The summed E-state index contributed by atoms with van der Waals surface area (Å²) >= 11 is 0. The number of esters is 1. The van der Waals surface area contributed by atoms with Crippen LogP contribution in [0.4, 0.5) is 0 Å². The van der Waals surface area contributed by atoms with Crippen LogP contribution >= 0.6 is 0 Å². The molecule has 2 N–H and O–H groups in total. The Morgan fingerprint density at radius 1 is 0.949 bits per heavy atom. The van der Waals surface area contributed by atoms with Gasteiger partial charge in [0.1, 0.15) is 6.10 Å². The molecule has 4 saturated carbocycles. The highest BCUT2D eigenvalue weighted by atomic mass is 16.5. The average Bonchev–Trinajstić information content (AvgIpc) is 3.18. The molecule has 7 nitrogen and oxygen atoms in total. The first-order chi connectivity index (χ1) is 18.6. The minimum absolute atomic E-state index is 0.0142. The van der Waals surface area contributed by atoms with Crippen LogP contribution in [0.3, 0.4) is 0 Å². The molecule has 0 aliphatic heterocycles. The molecular formula is C32H46O7. The van der Waals surface area contributed by atoms with Gasteiger partial charge in [-0.1, -0.05) is 26.7 Å². The van der Waals surface area contributed by atoms with E-state index in [0.717, 1.165) is 82.6 Å². The summed E-state index contributed by atoms with van der Waals surface area (Å²) in [5.41, 5.74) is -0.0730. The summed E-state index contributed by atoms with van der Waals surface area (Å²) in [5.74, 6) is 0.579. The second kappa shape index (κ2) is 11.0. The summed E-state index contributed by atoms with van der Waals surface area (Å²) in [6.07, 6.45) is 14.0. The van der Waals surface area contributed by atoms with Crippen LogP contribution in [0.25, 0.3) is 0 Å². The third kappa shape index (κ3) is 5.20. The molecule has 0 amide bonds. The zero-order valence-corrected chi connectivity index (χ0v) is 23.7. The van der Waals surface area contributed by atoms with Crippen LogP contribution in [-0.2, 0) is 14.3 Å². The molecule has 0 saturated heterocycles. The molecule has 4 aliphatic carbocycles. The van der Waals surface area contributed by atoms with E-state index in [1.165, 1.54) is 6.07 Å². The maximum atomic E-state index is 12.5. The fraction of sp³-hybridized carbons (Fsp3) is 0.781. The van der Waals surface area contributed by atoms with Gasteiger partial charge in [-0.2, -0.15) is 0 Å². The van der Waals surface area contributed by atoms with Crippen molar-refractivity contribution in [2.45, 2.75) is 128 Å². The van der Waals surface area contributed by atoms with Gasteiger partial charge < -0.3 is 19.4 Å². The van der Waals surface area contributed by atoms with Gasteiger partial charge in [0, 0.05) is 24.3 Å². The normalized spacial score (nSPS) is 39.3. The number of hydrogen-bond acceptors (Lipinski definition) is 6. The number of carbonyl (C=O) groups is 2. The molecular weight excluding hydrogens is 496 g/mol. The molecule has 5 rings (SSSR count). The number of aliphatic carboxylic acids is 1. The minimum Gasteiger partial charge on any atom is -0.481 e. The fourth-order valence-corrected chi connectivity index (χ4v) is 9.54. The molecule has 8 atom stereocenters. The lowest BCUT2D eigenvalue weighted by atomic mass is 9.43. The standard InChI is InChI=1S/C32H46O7/c1-30-16-13-23(39-29(36)8-6-4-3-5-7-27(33)34)19-22(30)10-11-26-25(30)14-17-31(2)24(15-18-32(26,31)37)21-9-12-28(35)38-20-21/h9,12,20,22-26,37H,3-8,10-11,13-19H2,1-2H3,(H,33,34)/t22-,23-,24+,25-,26+,30-,31+,32-/m0/s1. The van der Waals surface area contributed by atoms with Crippen LogP contribution in [0.1, 0.15) is 122 Å². The topological polar surface area (TPSA) is 114 Å². The molecule has 1 heterocycles. The van der Waals surface area contributed by atoms with Gasteiger partial charge in [-0.3, -0.25) is 9.59 Å². The van der Waals surface area contributed by atoms with E-state index in [1.54, 1.807) is 6.26 Å². The summed E-state index contributed by atoms with van der Waals surface area (Å²) < 4.78 is 11.1. The molecule has 216 valence electrons. The van der Waals surface area contributed by atoms with Gasteiger partial charge in [0.25, 0.3) is 0 Å². The monoisotopic (exact) mass is 542 g/mol. The van der Waals surface area contributed by atoms with Gasteiger partial charge in [-0.05, 0) is 111 Å². The van der Waals surface area contributed by atoms with Crippen molar-refractivity contribution in [2.24, 2.45) is 28.6 Å². The Morgan fingerprint density at radius 2 is 1.72 bits per heavy atom. The van der Waals surface area contributed by atoms with E-state index in [-0.39, 0.29) is 46.8 Å². The van der Waals surface area contributed by atoms with Crippen LogP contribution in [0.5, 0.6) is 0 Å². The Balaban J connectivity index is 1.18. The molecule has 0 spiro atoms. The zero-order chi connectivity index (χ0) is 27.8. The maximum absolute atomic E-state index is 12.5. The number of carbonyl (C=O) groups excluding carboxylic acids is 1. The predicted molar refractivity (Wildman–Crippen MR) is 146 cm³/mol. The van der Waals surface area contributed by atoms with Crippen molar-refractivity contribution >= 4 is 11.9 Å². The minimum atomic E-state index is -0.764. The fourth-order valence-electron chi connectivity index (χ4n) is 9.54. The van der Waals surface area contributed by atoms with Crippen molar-refractivity contribution in [1.82, 2.24) is 0 Å². The first kappa shape index (κ1) is 28.4. The molecule has 0 bridgehead atoms. The summed E-state index contributed by atoms with van der Waals surface area (Å²) in [4.78, 5) is 34.7. The summed E-state index contributed by atoms with van der Waals surface area (Å²) in [5, 5.41) is 21.1. The average molecular weight is 543 g/mol. The van der Waals surface area contributed by atoms with Crippen molar-refractivity contribution < 1.29 is 29.0 Å². The van der Waals surface area contributed by atoms with Crippen LogP contribution in [0, 0.1) is 28.6 Å². The van der Waals surface area contributed by atoms with Crippen LogP contribution in [0.2, 0.25) is 0 Å². The van der Waals surface area contributed by atoms with Gasteiger partial charge in [0.05, 0.1) is 11.9 Å². The van der Waals surface area contributed by atoms with Gasteiger partial charge in [0.15, 0.2) is 0 Å². The van der Waals surface area contributed by atoms with E-state index in [4.69, 9.17) is 14.3 Å². The Bertz CT molecular complexity index is 1090. The van der Waals surface area contributed by atoms with Crippen molar-refractivity contribution in [3.8, 4) is 0 Å². The Hall–Kier alpha value is -2.15. The second-order valence-electron chi connectivity index (χ2n) is 13.5. The number of hydrogen-bond donors (Lipinski definition) is 2. The SMILES string of the molecule is C[C@]12CC[C@H](OC(=O)CCCCCCC(=O)O)C[C@@H]1CC[C@@H]1[C@@H]2CC[C@]2(C)[C@@H](c3ccc(=O)oc3)CC[C@]12O. The van der Waals surface area contributed by atoms with E-state index in [9.17, 15) is 19.5 Å². The van der Waals surface area contributed by atoms with Crippen molar-refractivity contribution in [2.75, 3.05) is 0 Å². The van der Waals surface area contributed by atoms with Crippen molar-refractivity contribution in [1.29, 1.82) is 0 Å². The van der Waals surface area contributed by atoms with Crippen LogP contribution < -0.4 is 5.63 Å². The van der Waals surface area contributed by atoms with E-state index in [2.05, 4.69) is 13.8 Å². The predicted octanol–water partition coefficient (Wildman–Crippen LogP) is 6.22. The lowest BCUT2D eigenvalue weighted by Gasteiger charge is -2.63. The zero-order valence-electron chi connectivity index (χ0n) is 23.7. The lowest BCUT2D eigenvalue weighted by molar-refractivity contribution is -0.207. The molecule has 0 aromatic carbocycles. The first-order valence-corrected chi connectivity index (χ1v) is 15.3. The molecule has 4 fully saturated rings. The summed E-state index contributed by atoms with van der Waals surface area (Å²) in [6.45, 7) is 4.71. The van der Waals surface area contributed by atoms with E-state index < -0.39 is 11.6 Å². The van der Waals surface area contributed by atoms with Gasteiger partial charge in [-0.15, -0.1) is 0 Å². The maximum Gasteiger partial charge on any atom is 0.335 e. The smallest absolute Gasteiger partial charge is 0.335 e. The molecule has 1 aromatic rings. The Labute approximate surface area is 231 Å². The largest absolute Gasteiger partial charge is 0.481 e. The highest BCUT2D eigenvalue weighted by Crippen LogP contribution is 2.70. The first-order valence-electron chi connectivity index (χ1n) is 15.3. The van der Waals surface area contributed by atoms with Gasteiger partial charge >= 0.3 is 17.6 Å². The number of carboxylic acid groups (broad SMARTS) is 1. The van der Waals surface area contributed by atoms with Crippen LogP contribution in [0.15, 0.2) is 27.6 Å². The second-order valence-corrected chi connectivity index (χ2v) is 13.5. The molecule has 0 radical (unpaired) electrons. The molecule has 0 unspecified atom stereocenters. The van der Waals surface area contributed by atoms with E-state index in [1.807, 2.05) is 6.07 Å². The number of carboxylic acids is 1. The number of fused-ring (bicyclic) bond motifs is 5. The number of rotatable bonds is 9. The Kier molecular flexibility index (Phi) is 8.02.